The van der Waals surface area contributed by atoms with Gasteiger partial charge in [0.15, 0.2) is 5.65 Å². The predicted octanol–water partition coefficient (Wildman–Crippen LogP) is 2.60. The lowest BCUT2D eigenvalue weighted by atomic mass is 10.2. The van der Waals surface area contributed by atoms with E-state index in [0.29, 0.717) is 26.3 Å². The molecule has 26 heavy (non-hydrogen) atoms. The molecule has 0 aliphatic carbocycles. The maximum Gasteiger partial charge on any atom is 0.242 e. The van der Waals surface area contributed by atoms with Crippen molar-refractivity contribution in [2.75, 3.05) is 26.3 Å². The standard InChI is InChI=1S/C20H18N4O2/c25-18(23-9-11-26-12-10-23)13-24-17-8-4-1-5-14(17)19-20(24)22-16-7-3-2-6-15(16)21-19/h1-8H,9-13H2. The third-order valence-electron chi connectivity index (χ3n) is 4.91. The first kappa shape index (κ1) is 15.3. The first-order chi connectivity index (χ1) is 12.8. The highest BCUT2D eigenvalue weighted by Gasteiger charge is 2.21. The molecular formula is C20H18N4O2. The number of amides is 1. The zero-order chi connectivity index (χ0) is 17.5. The first-order valence-corrected chi connectivity index (χ1v) is 8.80. The molecule has 6 heteroatoms. The lowest BCUT2D eigenvalue weighted by Gasteiger charge is -2.27. The molecule has 0 saturated carbocycles. The molecule has 0 atom stereocenters. The van der Waals surface area contributed by atoms with Gasteiger partial charge in [0.25, 0.3) is 0 Å². The fourth-order valence-electron chi connectivity index (χ4n) is 3.59. The van der Waals surface area contributed by atoms with E-state index >= 15 is 0 Å². The zero-order valence-corrected chi connectivity index (χ0v) is 14.3. The smallest absolute Gasteiger partial charge is 0.242 e. The summed E-state index contributed by atoms with van der Waals surface area (Å²) in [6.07, 6.45) is 0. The van der Waals surface area contributed by atoms with E-state index in [2.05, 4.69) is 0 Å². The Labute approximate surface area is 150 Å². The molecule has 4 aromatic rings. The average molecular weight is 346 g/mol. The zero-order valence-electron chi connectivity index (χ0n) is 14.3. The first-order valence-electron chi connectivity index (χ1n) is 8.80. The van der Waals surface area contributed by atoms with Crippen molar-refractivity contribution in [3.63, 3.8) is 0 Å². The summed E-state index contributed by atoms with van der Waals surface area (Å²) in [7, 11) is 0. The fraction of sp³-hybridized carbons (Fsp3) is 0.250. The number of fused-ring (bicyclic) bond motifs is 4. The van der Waals surface area contributed by atoms with Crippen molar-refractivity contribution in [1.82, 2.24) is 19.4 Å². The SMILES string of the molecule is O=C(Cn1c2ccccc2c2nc3ccccc3nc21)N1CCOCC1. The minimum Gasteiger partial charge on any atom is -0.378 e. The van der Waals surface area contributed by atoms with Crippen LogP contribution in [0.1, 0.15) is 0 Å². The third-order valence-corrected chi connectivity index (χ3v) is 4.91. The molecule has 6 nitrogen and oxygen atoms in total. The average Bonchev–Trinajstić information content (AvgIpc) is 3.00. The van der Waals surface area contributed by atoms with Gasteiger partial charge in [-0.1, -0.05) is 30.3 Å². The van der Waals surface area contributed by atoms with Gasteiger partial charge in [0.2, 0.25) is 5.91 Å². The Morgan fingerprint density at radius 1 is 0.962 bits per heavy atom. The second-order valence-electron chi connectivity index (χ2n) is 6.48. The summed E-state index contributed by atoms with van der Waals surface area (Å²) in [4.78, 5) is 24.3. The van der Waals surface area contributed by atoms with Crippen LogP contribution in [0, 0.1) is 0 Å². The van der Waals surface area contributed by atoms with Crippen LogP contribution < -0.4 is 0 Å². The van der Waals surface area contributed by atoms with Crippen LogP contribution in [-0.4, -0.2) is 51.6 Å². The molecule has 0 spiro atoms. The predicted molar refractivity (Wildman–Crippen MR) is 99.9 cm³/mol. The van der Waals surface area contributed by atoms with E-state index in [1.807, 2.05) is 58.0 Å². The van der Waals surface area contributed by atoms with Gasteiger partial charge in [-0.05, 0) is 18.2 Å². The number of carbonyl (C=O) groups is 1. The Morgan fingerprint density at radius 2 is 1.65 bits per heavy atom. The minimum atomic E-state index is 0.0888. The normalized spacial score (nSPS) is 15.2. The molecule has 2 aromatic heterocycles. The molecule has 1 fully saturated rings. The van der Waals surface area contributed by atoms with Crippen molar-refractivity contribution in [2.45, 2.75) is 6.54 Å². The Morgan fingerprint density at radius 3 is 2.46 bits per heavy atom. The molecule has 3 heterocycles. The Hall–Kier alpha value is -2.99. The number of nitrogens with zero attached hydrogens (tertiary/aromatic N) is 4. The number of ether oxygens (including phenoxy) is 1. The molecule has 5 rings (SSSR count). The number of hydrogen-bond acceptors (Lipinski definition) is 4. The second-order valence-corrected chi connectivity index (χ2v) is 6.48. The van der Waals surface area contributed by atoms with Crippen molar-refractivity contribution in [1.29, 1.82) is 0 Å². The van der Waals surface area contributed by atoms with E-state index in [-0.39, 0.29) is 12.5 Å². The van der Waals surface area contributed by atoms with Crippen molar-refractivity contribution in [3.05, 3.63) is 48.5 Å². The third kappa shape index (κ3) is 2.42. The van der Waals surface area contributed by atoms with Gasteiger partial charge < -0.3 is 14.2 Å². The summed E-state index contributed by atoms with van der Waals surface area (Å²) in [6.45, 7) is 2.75. The largest absolute Gasteiger partial charge is 0.378 e. The van der Waals surface area contributed by atoms with Gasteiger partial charge in [-0.15, -0.1) is 0 Å². The Balaban J connectivity index is 1.68. The molecule has 2 aromatic carbocycles. The van der Waals surface area contributed by atoms with Crippen molar-refractivity contribution >= 4 is 39.0 Å². The number of rotatable bonds is 2. The molecular weight excluding hydrogens is 328 g/mol. The topological polar surface area (TPSA) is 60.2 Å². The van der Waals surface area contributed by atoms with Crippen molar-refractivity contribution < 1.29 is 9.53 Å². The molecule has 0 bridgehead atoms. The Kier molecular flexibility index (Phi) is 3.57. The highest BCUT2D eigenvalue weighted by Crippen LogP contribution is 2.28. The summed E-state index contributed by atoms with van der Waals surface area (Å²) in [5, 5.41) is 1.02. The summed E-state index contributed by atoms with van der Waals surface area (Å²) >= 11 is 0. The van der Waals surface area contributed by atoms with E-state index in [1.165, 1.54) is 0 Å². The second kappa shape index (κ2) is 6.07. The summed E-state index contributed by atoms with van der Waals surface area (Å²) in [5.41, 5.74) is 4.28. The van der Waals surface area contributed by atoms with E-state index in [4.69, 9.17) is 14.7 Å². The fourth-order valence-corrected chi connectivity index (χ4v) is 3.59. The van der Waals surface area contributed by atoms with Gasteiger partial charge in [0, 0.05) is 18.5 Å². The Bertz CT molecular complexity index is 1130. The van der Waals surface area contributed by atoms with Crippen molar-refractivity contribution in [3.8, 4) is 0 Å². The number of morpholine rings is 1. The number of hydrogen-bond donors (Lipinski definition) is 0. The van der Waals surface area contributed by atoms with Gasteiger partial charge in [-0.25, -0.2) is 9.97 Å². The maximum absolute atomic E-state index is 12.8. The molecule has 1 amide bonds. The summed E-state index contributed by atoms with van der Waals surface area (Å²) < 4.78 is 7.34. The van der Waals surface area contributed by atoms with Gasteiger partial charge in [0.05, 0.1) is 29.8 Å². The van der Waals surface area contributed by atoms with Crippen molar-refractivity contribution in [2.24, 2.45) is 0 Å². The van der Waals surface area contributed by atoms with Crippen LogP contribution in [-0.2, 0) is 16.1 Å². The number of para-hydroxylation sites is 3. The number of benzene rings is 2. The molecule has 1 saturated heterocycles. The van der Waals surface area contributed by atoms with Gasteiger partial charge >= 0.3 is 0 Å². The van der Waals surface area contributed by atoms with Gasteiger partial charge in [-0.3, -0.25) is 4.79 Å². The van der Waals surface area contributed by atoms with E-state index in [0.717, 1.165) is 33.1 Å². The van der Waals surface area contributed by atoms with E-state index < -0.39 is 0 Å². The molecule has 1 aliphatic heterocycles. The quantitative estimate of drug-likeness (QED) is 0.560. The lowest BCUT2D eigenvalue weighted by molar-refractivity contribution is -0.135. The van der Waals surface area contributed by atoms with Crippen LogP contribution in [0.25, 0.3) is 33.1 Å². The highest BCUT2D eigenvalue weighted by atomic mass is 16.5. The molecule has 130 valence electrons. The lowest BCUT2D eigenvalue weighted by Crippen LogP contribution is -2.42. The highest BCUT2D eigenvalue weighted by molar-refractivity contribution is 6.07. The van der Waals surface area contributed by atoms with Gasteiger partial charge in [0.1, 0.15) is 12.1 Å². The maximum atomic E-state index is 12.8. The van der Waals surface area contributed by atoms with Crippen LogP contribution in [0.2, 0.25) is 0 Å². The molecule has 1 aliphatic rings. The number of aromatic nitrogens is 3. The van der Waals surface area contributed by atoms with E-state index in [1.54, 1.807) is 0 Å². The summed E-state index contributed by atoms with van der Waals surface area (Å²) in [6, 6.07) is 15.9. The van der Waals surface area contributed by atoms with Crippen LogP contribution in [0.5, 0.6) is 0 Å². The number of carbonyl (C=O) groups excluding carboxylic acids is 1. The molecule has 0 N–H and O–H groups in total. The van der Waals surface area contributed by atoms with Gasteiger partial charge in [-0.2, -0.15) is 0 Å². The van der Waals surface area contributed by atoms with Crippen LogP contribution in [0.15, 0.2) is 48.5 Å². The molecule has 0 radical (unpaired) electrons. The van der Waals surface area contributed by atoms with Crippen LogP contribution >= 0.6 is 0 Å². The summed E-state index contributed by atoms with van der Waals surface area (Å²) in [5.74, 6) is 0.0888. The van der Waals surface area contributed by atoms with Crippen LogP contribution in [0.4, 0.5) is 0 Å². The van der Waals surface area contributed by atoms with Crippen LogP contribution in [0.3, 0.4) is 0 Å². The van der Waals surface area contributed by atoms with E-state index in [9.17, 15) is 4.79 Å². The molecule has 0 unspecified atom stereocenters. The monoisotopic (exact) mass is 346 g/mol. The minimum absolute atomic E-state index is 0.0888.